The lowest BCUT2D eigenvalue weighted by Gasteiger charge is -2.32. The molecule has 2 amide bonds. The number of piperidine rings is 1. The summed E-state index contributed by atoms with van der Waals surface area (Å²) < 4.78 is 6.80. The van der Waals surface area contributed by atoms with Gasteiger partial charge in [0.25, 0.3) is 0 Å². The van der Waals surface area contributed by atoms with Crippen LogP contribution in [-0.4, -0.2) is 44.5 Å². The first-order valence-corrected chi connectivity index (χ1v) is 8.59. The summed E-state index contributed by atoms with van der Waals surface area (Å²) in [5.41, 5.74) is 5.27. The van der Waals surface area contributed by atoms with Crippen LogP contribution in [0.3, 0.4) is 0 Å². The summed E-state index contributed by atoms with van der Waals surface area (Å²) in [4.78, 5) is 29.7. The Morgan fingerprint density at radius 1 is 1.36 bits per heavy atom. The average Bonchev–Trinajstić information content (AvgIpc) is 3.21. The van der Waals surface area contributed by atoms with Crippen LogP contribution in [0.25, 0.3) is 0 Å². The van der Waals surface area contributed by atoms with Crippen LogP contribution in [0.15, 0.2) is 23.0 Å². The van der Waals surface area contributed by atoms with Crippen LogP contribution in [0, 0.1) is 0 Å². The molecule has 0 aliphatic carbocycles. The highest BCUT2D eigenvalue weighted by atomic mass is 35.5. The van der Waals surface area contributed by atoms with Crippen LogP contribution in [0.4, 0.5) is 0 Å². The van der Waals surface area contributed by atoms with Crippen molar-refractivity contribution in [2.45, 2.75) is 38.1 Å². The number of likely N-dealkylation sites (tertiary alicyclic amines) is 1. The van der Waals surface area contributed by atoms with Gasteiger partial charge in [0, 0.05) is 50.3 Å². The molecule has 1 fully saturated rings. The van der Waals surface area contributed by atoms with Crippen molar-refractivity contribution >= 4 is 23.4 Å². The Hall–Kier alpha value is -2.35. The van der Waals surface area contributed by atoms with Gasteiger partial charge in [-0.1, -0.05) is 16.8 Å². The first-order valence-electron chi connectivity index (χ1n) is 8.21. The molecule has 0 atom stereocenters. The highest BCUT2D eigenvalue weighted by Crippen LogP contribution is 2.27. The predicted molar refractivity (Wildman–Crippen MR) is 89.8 cm³/mol. The number of aromatic nitrogens is 3. The summed E-state index contributed by atoms with van der Waals surface area (Å²) in [5.74, 6) is 1.40. The number of carbonyl (C=O) groups excluding carboxylic acids is 2. The average molecular weight is 366 g/mol. The van der Waals surface area contributed by atoms with Crippen molar-refractivity contribution in [2.24, 2.45) is 5.73 Å². The minimum Gasteiger partial charge on any atom is -0.368 e. The summed E-state index contributed by atoms with van der Waals surface area (Å²) in [5, 5.41) is 3.90. The Labute approximate surface area is 149 Å². The highest BCUT2D eigenvalue weighted by molar-refractivity contribution is 6.29. The number of aryl methyl sites for hydroxylation is 1. The van der Waals surface area contributed by atoms with Gasteiger partial charge in [0.15, 0.2) is 5.15 Å². The van der Waals surface area contributed by atoms with E-state index in [1.165, 1.54) is 0 Å². The van der Waals surface area contributed by atoms with Gasteiger partial charge in [0.2, 0.25) is 11.8 Å². The summed E-state index contributed by atoms with van der Waals surface area (Å²) in [6.45, 7) is 1.47. The molecule has 2 N–H and O–H groups in total. The smallest absolute Gasteiger partial charge is 0.237 e. The third-order valence-corrected chi connectivity index (χ3v) is 4.58. The molecular weight excluding hydrogens is 346 g/mol. The van der Waals surface area contributed by atoms with E-state index in [1.807, 2.05) is 4.90 Å². The van der Waals surface area contributed by atoms with E-state index in [0.29, 0.717) is 36.8 Å². The second-order valence-electron chi connectivity index (χ2n) is 6.15. The zero-order valence-electron chi connectivity index (χ0n) is 13.7. The van der Waals surface area contributed by atoms with Gasteiger partial charge < -0.3 is 19.7 Å². The number of hydrogen-bond acceptors (Lipinski definition) is 5. The van der Waals surface area contributed by atoms with Crippen molar-refractivity contribution in [1.29, 1.82) is 0 Å². The molecule has 9 heteroatoms. The molecule has 0 bridgehead atoms. The van der Waals surface area contributed by atoms with Crippen molar-refractivity contribution in [3.8, 4) is 0 Å². The Morgan fingerprint density at radius 2 is 2.12 bits per heavy atom. The predicted octanol–water partition coefficient (Wildman–Crippen LogP) is 1.35. The minimum absolute atomic E-state index is 0.0893. The maximum Gasteiger partial charge on any atom is 0.237 e. The molecule has 0 saturated carbocycles. The van der Waals surface area contributed by atoms with E-state index in [4.69, 9.17) is 21.9 Å². The zero-order chi connectivity index (χ0) is 17.8. The third kappa shape index (κ3) is 4.39. The van der Waals surface area contributed by atoms with Crippen molar-refractivity contribution in [1.82, 2.24) is 19.6 Å². The second kappa shape index (κ2) is 7.69. The van der Waals surface area contributed by atoms with E-state index < -0.39 is 0 Å². The number of nitrogens with zero attached hydrogens (tertiary/aromatic N) is 4. The third-order valence-electron chi connectivity index (χ3n) is 4.40. The van der Waals surface area contributed by atoms with Gasteiger partial charge in [-0.3, -0.25) is 9.59 Å². The fourth-order valence-corrected chi connectivity index (χ4v) is 3.32. The standard InChI is InChI=1S/C16H20ClN5O3/c17-13-9-12(25-20-13)1-2-15(24)21-6-3-11(4-7-21)16-19-5-8-22(16)10-14(18)23/h5,8-9,11H,1-4,6-7,10H2,(H2,18,23). The van der Waals surface area contributed by atoms with Gasteiger partial charge in [-0.25, -0.2) is 4.98 Å². The molecule has 3 rings (SSSR count). The first-order chi connectivity index (χ1) is 12.0. The van der Waals surface area contributed by atoms with Crippen LogP contribution < -0.4 is 5.73 Å². The van der Waals surface area contributed by atoms with E-state index in [9.17, 15) is 9.59 Å². The van der Waals surface area contributed by atoms with Gasteiger partial charge in [0.1, 0.15) is 18.1 Å². The molecule has 0 aromatic carbocycles. The van der Waals surface area contributed by atoms with Crippen molar-refractivity contribution in [2.75, 3.05) is 13.1 Å². The SMILES string of the molecule is NC(=O)Cn1ccnc1C1CCN(C(=O)CCc2cc(Cl)no2)CC1. The minimum atomic E-state index is -0.389. The maximum atomic E-state index is 12.3. The topological polar surface area (TPSA) is 107 Å². The summed E-state index contributed by atoms with van der Waals surface area (Å²) in [7, 11) is 0. The molecule has 2 aromatic rings. The Balaban J connectivity index is 1.50. The number of rotatable bonds is 6. The fraction of sp³-hybridized carbons (Fsp3) is 0.500. The molecular formula is C16H20ClN5O3. The van der Waals surface area contributed by atoms with Gasteiger partial charge in [-0.05, 0) is 12.8 Å². The first kappa shape index (κ1) is 17.5. The lowest BCUT2D eigenvalue weighted by atomic mass is 9.95. The van der Waals surface area contributed by atoms with Crippen molar-refractivity contribution in [3.63, 3.8) is 0 Å². The van der Waals surface area contributed by atoms with Crippen molar-refractivity contribution in [3.05, 3.63) is 35.2 Å². The van der Waals surface area contributed by atoms with Crippen LogP contribution in [0.1, 0.15) is 36.8 Å². The normalized spacial score (nSPS) is 15.5. The Kier molecular flexibility index (Phi) is 5.37. The summed E-state index contributed by atoms with van der Waals surface area (Å²) >= 11 is 5.70. The molecule has 1 saturated heterocycles. The molecule has 0 spiro atoms. The van der Waals surface area contributed by atoms with E-state index >= 15 is 0 Å². The summed E-state index contributed by atoms with van der Waals surface area (Å²) in [6, 6.07) is 1.62. The molecule has 3 heterocycles. The number of imidazole rings is 1. The second-order valence-corrected chi connectivity index (χ2v) is 6.54. The molecule has 134 valence electrons. The quantitative estimate of drug-likeness (QED) is 0.831. The zero-order valence-corrected chi connectivity index (χ0v) is 14.5. The van der Waals surface area contributed by atoms with Crippen LogP contribution in [0.5, 0.6) is 0 Å². The Morgan fingerprint density at radius 3 is 2.76 bits per heavy atom. The maximum absolute atomic E-state index is 12.3. The molecule has 8 nitrogen and oxygen atoms in total. The summed E-state index contributed by atoms with van der Waals surface area (Å²) in [6.07, 6.45) is 5.93. The van der Waals surface area contributed by atoms with E-state index in [2.05, 4.69) is 10.1 Å². The van der Waals surface area contributed by atoms with Gasteiger partial charge in [-0.15, -0.1) is 0 Å². The Bertz CT molecular complexity index is 749. The van der Waals surface area contributed by atoms with Crippen molar-refractivity contribution < 1.29 is 14.1 Å². The van der Waals surface area contributed by atoms with Crippen LogP contribution in [0.2, 0.25) is 5.15 Å². The van der Waals surface area contributed by atoms with Gasteiger partial charge in [-0.2, -0.15) is 0 Å². The van der Waals surface area contributed by atoms with E-state index in [1.54, 1.807) is 23.0 Å². The molecule has 1 aliphatic rings. The highest BCUT2D eigenvalue weighted by Gasteiger charge is 2.26. The van der Waals surface area contributed by atoms with Gasteiger partial charge in [0.05, 0.1) is 0 Å². The monoisotopic (exact) mass is 365 g/mol. The largest absolute Gasteiger partial charge is 0.368 e. The number of nitrogens with two attached hydrogens (primary N) is 1. The lowest BCUT2D eigenvalue weighted by molar-refractivity contribution is -0.132. The van der Waals surface area contributed by atoms with E-state index in [-0.39, 0.29) is 24.3 Å². The van der Waals surface area contributed by atoms with Crippen LogP contribution >= 0.6 is 11.6 Å². The fourth-order valence-electron chi connectivity index (χ4n) is 3.16. The molecule has 0 radical (unpaired) electrons. The van der Waals surface area contributed by atoms with E-state index in [0.717, 1.165) is 18.7 Å². The number of halogens is 1. The molecule has 0 unspecified atom stereocenters. The number of carbonyl (C=O) groups is 2. The molecule has 25 heavy (non-hydrogen) atoms. The molecule has 1 aliphatic heterocycles. The lowest BCUT2D eigenvalue weighted by Crippen LogP contribution is -2.38. The van der Waals surface area contributed by atoms with Gasteiger partial charge >= 0.3 is 0 Å². The number of amides is 2. The van der Waals surface area contributed by atoms with Crippen LogP contribution in [-0.2, 0) is 22.6 Å². The number of hydrogen-bond donors (Lipinski definition) is 1. The molecule has 2 aromatic heterocycles. The number of primary amides is 1.